The maximum atomic E-state index is 13.1. The van der Waals surface area contributed by atoms with Crippen molar-refractivity contribution in [1.29, 1.82) is 0 Å². The van der Waals surface area contributed by atoms with Crippen LogP contribution in [0.15, 0.2) is 18.2 Å². The van der Waals surface area contributed by atoms with E-state index >= 15 is 0 Å². The number of carbonyl (C=O) groups excluding carboxylic acids is 1. The molecule has 1 aromatic rings. The van der Waals surface area contributed by atoms with Crippen molar-refractivity contribution in [3.8, 4) is 5.75 Å². The topological polar surface area (TPSA) is 99.2 Å². The van der Waals surface area contributed by atoms with E-state index in [1.165, 1.54) is 12.8 Å². The summed E-state index contributed by atoms with van der Waals surface area (Å²) in [5.74, 6) is 1.31. The molecular weight excluding hydrogens is 418 g/mol. The summed E-state index contributed by atoms with van der Waals surface area (Å²) in [6, 6.07) is 4.75. The van der Waals surface area contributed by atoms with Crippen molar-refractivity contribution >= 4 is 21.6 Å². The molecule has 1 amide bonds. The molecule has 0 unspecified atom stereocenters. The number of aliphatic hydroxyl groups is 1. The number of benzene rings is 1. The lowest BCUT2D eigenvalue weighted by Crippen LogP contribution is -2.47. The van der Waals surface area contributed by atoms with Crippen LogP contribution in [0.25, 0.3) is 0 Å². The van der Waals surface area contributed by atoms with Crippen molar-refractivity contribution in [3.63, 3.8) is 0 Å². The van der Waals surface area contributed by atoms with Crippen LogP contribution in [0.3, 0.4) is 0 Å². The van der Waals surface area contributed by atoms with E-state index in [0.717, 1.165) is 25.3 Å². The maximum Gasteiger partial charge on any atom is 0.229 e. The second kappa shape index (κ2) is 9.75. The SMILES string of the molecule is C[C@@H]1CN([C@H](C)CO)C(=O)Cc2cc(NS(C)(=O)=O)ccc2O[C@@H]1CN(C)CC1CC1. The highest BCUT2D eigenvalue weighted by atomic mass is 32.2. The molecule has 3 atom stereocenters. The quantitative estimate of drug-likeness (QED) is 0.620. The van der Waals surface area contributed by atoms with Crippen LogP contribution in [0, 0.1) is 11.8 Å². The first-order valence-corrected chi connectivity index (χ1v) is 12.8. The van der Waals surface area contributed by atoms with Crippen LogP contribution >= 0.6 is 0 Å². The lowest BCUT2D eigenvalue weighted by atomic mass is 10.0. The monoisotopic (exact) mass is 453 g/mol. The first-order valence-electron chi connectivity index (χ1n) is 10.9. The molecule has 1 aromatic carbocycles. The second-order valence-corrected chi connectivity index (χ2v) is 11.0. The van der Waals surface area contributed by atoms with Crippen molar-refractivity contribution in [2.45, 2.75) is 45.3 Å². The van der Waals surface area contributed by atoms with Crippen molar-refractivity contribution in [3.05, 3.63) is 23.8 Å². The van der Waals surface area contributed by atoms with Gasteiger partial charge in [0.15, 0.2) is 0 Å². The van der Waals surface area contributed by atoms with Crippen LogP contribution in [0.1, 0.15) is 32.3 Å². The van der Waals surface area contributed by atoms with Gasteiger partial charge in [0.25, 0.3) is 0 Å². The Hall–Kier alpha value is -1.84. The second-order valence-electron chi connectivity index (χ2n) is 9.25. The zero-order valence-electron chi connectivity index (χ0n) is 18.9. The Bertz CT molecular complexity index is 887. The molecule has 0 saturated heterocycles. The minimum Gasteiger partial charge on any atom is -0.488 e. The largest absolute Gasteiger partial charge is 0.488 e. The summed E-state index contributed by atoms with van der Waals surface area (Å²) in [5, 5.41) is 9.70. The van der Waals surface area contributed by atoms with E-state index in [9.17, 15) is 18.3 Å². The average Bonchev–Trinajstić information content (AvgIpc) is 3.48. The molecule has 1 aliphatic carbocycles. The fourth-order valence-electron chi connectivity index (χ4n) is 4.05. The Morgan fingerprint density at radius 1 is 1.32 bits per heavy atom. The first kappa shape index (κ1) is 23.8. The Morgan fingerprint density at radius 2 is 2.03 bits per heavy atom. The number of anilines is 1. The molecule has 8 nitrogen and oxygen atoms in total. The minimum atomic E-state index is -3.44. The van der Waals surface area contributed by atoms with Crippen molar-refractivity contribution in [2.24, 2.45) is 11.8 Å². The van der Waals surface area contributed by atoms with Gasteiger partial charge in [0.2, 0.25) is 15.9 Å². The number of aliphatic hydroxyl groups excluding tert-OH is 1. The number of nitrogens with zero attached hydrogens (tertiary/aromatic N) is 2. The number of sulfonamides is 1. The summed E-state index contributed by atoms with van der Waals surface area (Å²) in [6.07, 6.45) is 3.59. The highest BCUT2D eigenvalue weighted by Crippen LogP contribution is 2.31. The molecule has 0 spiro atoms. The Balaban J connectivity index is 1.91. The summed E-state index contributed by atoms with van der Waals surface area (Å²) in [6.45, 7) is 6.05. The zero-order valence-corrected chi connectivity index (χ0v) is 19.7. The third-order valence-electron chi connectivity index (χ3n) is 5.98. The fraction of sp³-hybridized carbons (Fsp3) is 0.682. The van der Waals surface area contributed by atoms with E-state index in [0.29, 0.717) is 23.5 Å². The van der Waals surface area contributed by atoms with Gasteiger partial charge in [-0.15, -0.1) is 0 Å². The Labute approximate surface area is 185 Å². The number of carbonyl (C=O) groups is 1. The van der Waals surface area contributed by atoms with Gasteiger partial charge < -0.3 is 19.6 Å². The number of ether oxygens (including phenoxy) is 1. The van der Waals surface area contributed by atoms with E-state index in [1.54, 1.807) is 23.1 Å². The molecule has 31 heavy (non-hydrogen) atoms. The highest BCUT2D eigenvalue weighted by molar-refractivity contribution is 7.92. The fourth-order valence-corrected chi connectivity index (χ4v) is 4.60. The third kappa shape index (κ3) is 6.82. The minimum absolute atomic E-state index is 0.0550. The van der Waals surface area contributed by atoms with Gasteiger partial charge in [0, 0.05) is 36.8 Å². The van der Waals surface area contributed by atoms with Crippen molar-refractivity contribution in [1.82, 2.24) is 9.80 Å². The smallest absolute Gasteiger partial charge is 0.229 e. The van der Waals surface area contributed by atoms with E-state index in [4.69, 9.17) is 4.74 Å². The molecule has 174 valence electrons. The maximum absolute atomic E-state index is 13.1. The van der Waals surface area contributed by atoms with Gasteiger partial charge in [0.1, 0.15) is 11.9 Å². The van der Waals surface area contributed by atoms with Crippen LogP contribution in [-0.2, 0) is 21.2 Å². The van der Waals surface area contributed by atoms with Crippen LogP contribution in [0.5, 0.6) is 5.75 Å². The molecule has 0 bridgehead atoms. The van der Waals surface area contributed by atoms with E-state index in [-0.39, 0.29) is 37.0 Å². The predicted molar refractivity (Wildman–Crippen MR) is 121 cm³/mol. The van der Waals surface area contributed by atoms with Crippen LogP contribution in [0.2, 0.25) is 0 Å². The molecule has 2 N–H and O–H groups in total. The Kier molecular flexibility index (Phi) is 7.49. The zero-order chi connectivity index (χ0) is 22.8. The summed E-state index contributed by atoms with van der Waals surface area (Å²) in [7, 11) is -1.34. The lowest BCUT2D eigenvalue weighted by Gasteiger charge is -2.34. The molecule has 1 saturated carbocycles. The predicted octanol–water partition coefficient (Wildman–Crippen LogP) is 1.55. The van der Waals surface area contributed by atoms with E-state index in [2.05, 4.69) is 23.6 Å². The van der Waals surface area contributed by atoms with Crippen molar-refractivity contribution < 1.29 is 23.1 Å². The van der Waals surface area contributed by atoms with Gasteiger partial charge in [-0.3, -0.25) is 9.52 Å². The average molecular weight is 454 g/mol. The highest BCUT2D eigenvalue weighted by Gasteiger charge is 2.32. The normalized spacial score (nSPS) is 23.4. The summed E-state index contributed by atoms with van der Waals surface area (Å²) in [4.78, 5) is 17.1. The molecule has 1 heterocycles. The lowest BCUT2D eigenvalue weighted by molar-refractivity contribution is -0.134. The standard InChI is InChI=1S/C22H35N3O5S/c1-15-11-25(16(2)14-26)22(27)10-18-9-19(23-31(4,28)29)7-8-20(18)30-21(15)13-24(3)12-17-5-6-17/h7-9,15-17,21,23,26H,5-6,10-14H2,1-4H3/t15-,16-,21-/m1/s1. The third-order valence-corrected chi connectivity index (χ3v) is 6.58. The van der Waals surface area contributed by atoms with Crippen LogP contribution < -0.4 is 9.46 Å². The summed E-state index contributed by atoms with van der Waals surface area (Å²) in [5.41, 5.74) is 1.03. The number of amides is 1. The Morgan fingerprint density at radius 3 is 2.65 bits per heavy atom. The molecule has 1 aliphatic heterocycles. The number of hydrogen-bond donors (Lipinski definition) is 2. The number of likely N-dealkylation sites (N-methyl/N-ethyl adjacent to an activating group) is 1. The molecule has 3 rings (SSSR count). The molecule has 1 fully saturated rings. The molecule has 2 aliphatic rings. The van der Waals surface area contributed by atoms with Gasteiger partial charge in [0.05, 0.1) is 25.3 Å². The first-order chi connectivity index (χ1) is 14.6. The summed E-state index contributed by atoms with van der Waals surface area (Å²) < 4.78 is 32.2. The van der Waals surface area contributed by atoms with Crippen molar-refractivity contribution in [2.75, 3.05) is 44.3 Å². The van der Waals surface area contributed by atoms with Crippen LogP contribution in [0.4, 0.5) is 5.69 Å². The van der Waals surface area contributed by atoms with E-state index in [1.807, 2.05) is 6.92 Å². The number of nitrogens with one attached hydrogen (secondary N) is 1. The number of rotatable bonds is 8. The molecule has 0 radical (unpaired) electrons. The molecule has 0 aromatic heterocycles. The van der Waals surface area contributed by atoms with Gasteiger partial charge >= 0.3 is 0 Å². The van der Waals surface area contributed by atoms with Gasteiger partial charge in [-0.2, -0.15) is 0 Å². The van der Waals surface area contributed by atoms with Gasteiger partial charge in [-0.1, -0.05) is 6.92 Å². The number of hydrogen-bond acceptors (Lipinski definition) is 6. The van der Waals surface area contributed by atoms with Crippen LogP contribution in [-0.4, -0.2) is 80.9 Å². The molecular formula is C22H35N3O5S. The van der Waals surface area contributed by atoms with Gasteiger partial charge in [-0.05, 0) is 50.9 Å². The molecule has 9 heteroatoms. The van der Waals surface area contributed by atoms with E-state index < -0.39 is 10.0 Å². The summed E-state index contributed by atoms with van der Waals surface area (Å²) >= 11 is 0. The number of fused-ring (bicyclic) bond motifs is 1. The van der Waals surface area contributed by atoms with Gasteiger partial charge in [-0.25, -0.2) is 8.42 Å².